The predicted molar refractivity (Wildman–Crippen MR) is 77.9 cm³/mol. The molecule has 1 saturated carbocycles. The summed E-state index contributed by atoms with van der Waals surface area (Å²) in [5.74, 6) is -0.724. The number of morpholine rings is 1. The van der Waals surface area contributed by atoms with E-state index >= 15 is 0 Å². The number of carboxylic acid groups (broad SMARTS) is 1. The molecule has 0 aromatic heterocycles. The third-order valence-corrected chi connectivity index (χ3v) is 4.40. The Balaban J connectivity index is 1.73. The molecular formula is C15H28N2O3. The molecular weight excluding hydrogens is 256 g/mol. The van der Waals surface area contributed by atoms with Crippen molar-refractivity contribution in [2.45, 2.75) is 63.6 Å². The molecule has 5 heteroatoms. The Hall–Kier alpha value is -0.650. The van der Waals surface area contributed by atoms with Crippen molar-refractivity contribution in [2.75, 3.05) is 26.2 Å². The molecule has 1 heterocycles. The lowest BCUT2D eigenvalue weighted by Crippen LogP contribution is -2.51. The summed E-state index contributed by atoms with van der Waals surface area (Å²) >= 11 is 0. The van der Waals surface area contributed by atoms with Crippen LogP contribution in [0, 0.1) is 0 Å². The van der Waals surface area contributed by atoms with E-state index in [1.807, 2.05) is 6.92 Å². The highest BCUT2D eigenvalue weighted by atomic mass is 16.5. The van der Waals surface area contributed by atoms with E-state index < -0.39 is 11.5 Å². The van der Waals surface area contributed by atoms with Crippen molar-refractivity contribution in [1.29, 1.82) is 0 Å². The second-order valence-electron chi connectivity index (χ2n) is 6.36. The Labute approximate surface area is 121 Å². The van der Waals surface area contributed by atoms with E-state index in [9.17, 15) is 9.90 Å². The summed E-state index contributed by atoms with van der Waals surface area (Å²) < 4.78 is 5.66. The van der Waals surface area contributed by atoms with Gasteiger partial charge in [-0.3, -0.25) is 15.0 Å². The van der Waals surface area contributed by atoms with Crippen LogP contribution in [0.4, 0.5) is 0 Å². The van der Waals surface area contributed by atoms with E-state index in [0.29, 0.717) is 18.6 Å². The molecule has 0 amide bonds. The normalized spacial score (nSPS) is 27.2. The first-order chi connectivity index (χ1) is 9.53. The van der Waals surface area contributed by atoms with E-state index in [-0.39, 0.29) is 0 Å². The first-order valence-corrected chi connectivity index (χ1v) is 7.88. The number of nitrogens with zero attached hydrogens (tertiary/aromatic N) is 1. The number of nitrogens with one attached hydrogen (secondary N) is 1. The van der Waals surface area contributed by atoms with Crippen LogP contribution in [0.5, 0.6) is 0 Å². The SMILES string of the molecule is CCC1CN(CCCC(C)(NC2CC2)C(=O)O)CCO1. The summed E-state index contributed by atoms with van der Waals surface area (Å²) in [6.07, 6.45) is 5.23. The summed E-state index contributed by atoms with van der Waals surface area (Å²) in [6, 6.07) is 0.420. The van der Waals surface area contributed by atoms with Crippen LogP contribution < -0.4 is 5.32 Å². The lowest BCUT2D eigenvalue weighted by atomic mass is 9.95. The van der Waals surface area contributed by atoms with Crippen molar-refractivity contribution in [3.8, 4) is 0 Å². The third kappa shape index (κ3) is 4.43. The van der Waals surface area contributed by atoms with E-state index in [1.165, 1.54) is 0 Å². The number of aliphatic carboxylic acids is 1. The highest BCUT2D eigenvalue weighted by molar-refractivity contribution is 5.78. The predicted octanol–water partition coefficient (Wildman–Crippen LogP) is 1.47. The molecule has 1 aliphatic carbocycles. The maximum Gasteiger partial charge on any atom is 0.323 e. The Bertz CT molecular complexity index is 333. The molecule has 2 atom stereocenters. The Kier molecular flexibility index (Phi) is 5.41. The smallest absolute Gasteiger partial charge is 0.323 e. The van der Waals surface area contributed by atoms with Gasteiger partial charge in [-0.2, -0.15) is 0 Å². The molecule has 2 N–H and O–H groups in total. The van der Waals surface area contributed by atoms with Gasteiger partial charge in [0.05, 0.1) is 12.7 Å². The third-order valence-electron chi connectivity index (χ3n) is 4.40. The molecule has 116 valence electrons. The van der Waals surface area contributed by atoms with Crippen LogP contribution in [0.3, 0.4) is 0 Å². The average molecular weight is 284 g/mol. The molecule has 1 saturated heterocycles. The van der Waals surface area contributed by atoms with Gasteiger partial charge in [-0.25, -0.2) is 0 Å². The number of carbonyl (C=O) groups is 1. The lowest BCUT2D eigenvalue weighted by molar-refractivity contribution is -0.144. The van der Waals surface area contributed by atoms with Gasteiger partial charge in [-0.15, -0.1) is 0 Å². The van der Waals surface area contributed by atoms with Gasteiger partial charge in [-0.1, -0.05) is 6.92 Å². The Morgan fingerprint density at radius 3 is 2.85 bits per heavy atom. The minimum absolute atomic E-state index is 0.346. The average Bonchev–Trinajstić information content (AvgIpc) is 3.22. The maximum absolute atomic E-state index is 11.5. The molecule has 1 aliphatic heterocycles. The summed E-state index contributed by atoms with van der Waals surface area (Å²) in [4.78, 5) is 13.9. The number of carboxylic acids is 1. The summed E-state index contributed by atoms with van der Waals surface area (Å²) in [5, 5.41) is 12.7. The molecule has 20 heavy (non-hydrogen) atoms. The standard InChI is InChI=1S/C15H28N2O3/c1-3-13-11-17(9-10-20-13)8-4-7-15(2,14(18)19)16-12-5-6-12/h12-13,16H,3-11H2,1-2H3,(H,18,19). The van der Waals surface area contributed by atoms with Gasteiger partial charge >= 0.3 is 5.97 Å². The minimum Gasteiger partial charge on any atom is -0.480 e. The molecule has 2 aliphatic rings. The Morgan fingerprint density at radius 2 is 2.25 bits per heavy atom. The fourth-order valence-electron chi connectivity index (χ4n) is 2.81. The Morgan fingerprint density at radius 1 is 1.50 bits per heavy atom. The van der Waals surface area contributed by atoms with E-state index in [2.05, 4.69) is 17.1 Å². The monoisotopic (exact) mass is 284 g/mol. The van der Waals surface area contributed by atoms with E-state index in [4.69, 9.17) is 4.74 Å². The summed E-state index contributed by atoms with van der Waals surface area (Å²) in [6.45, 7) is 7.69. The first kappa shape index (κ1) is 15.7. The lowest BCUT2D eigenvalue weighted by Gasteiger charge is -2.33. The van der Waals surface area contributed by atoms with Crippen LogP contribution in [0.2, 0.25) is 0 Å². The summed E-state index contributed by atoms with van der Waals surface area (Å²) in [5.41, 5.74) is -0.766. The molecule has 2 unspecified atom stereocenters. The minimum atomic E-state index is -0.766. The van der Waals surface area contributed by atoms with Crippen LogP contribution in [0.1, 0.15) is 46.0 Å². The van der Waals surface area contributed by atoms with Crippen molar-refractivity contribution in [3.05, 3.63) is 0 Å². The maximum atomic E-state index is 11.5. The largest absolute Gasteiger partial charge is 0.480 e. The second kappa shape index (κ2) is 6.87. The zero-order chi connectivity index (χ0) is 14.6. The highest BCUT2D eigenvalue weighted by Gasteiger charge is 2.38. The number of rotatable bonds is 8. The van der Waals surface area contributed by atoms with Crippen LogP contribution >= 0.6 is 0 Å². The van der Waals surface area contributed by atoms with Gasteiger partial charge in [0.25, 0.3) is 0 Å². The van der Waals surface area contributed by atoms with Crippen molar-refractivity contribution in [1.82, 2.24) is 10.2 Å². The van der Waals surface area contributed by atoms with Crippen molar-refractivity contribution >= 4 is 5.97 Å². The van der Waals surface area contributed by atoms with Gasteiger partial charge in [-0.05, 0) is 45.6 Å². The van der Waals surface area contributed by atoms with Crippen LogP contribution in [0.15, 0.2) is 0 Å². The van der Waals surface area contributed by atoms with Gasteiger partial charge in [0, 0.05) is 19.1 Å². The van der Waals surface area contributed by atoms with Gasteiger partial charge in [0.1, 0.15) is 5.54 Å². The summed E-state index contributed by atoms with van der Waals surface area (Å²) in [7, 11) is 0. The van der Waals surface area contributed by atoms with E-state index in [1.54, 1.807) is 0 Å². The van der Waals surface area contributed by atoms with Gasteiger partial charge in [0.2, 0.25) is 0 Å². The zero-order valence-electron chi connectivity index (χ0n) is 12.7. The molecule has 0 aromatic rings. The number of hydrogen-bond acceptors (Lipinski definition) is 4. The van der Waals surface area contributed by atoms with Crippen LogP contribution in [-0.4, -0.2) is 59.9 Å². The van der Waals surface area contributed by atoms with E-state index in [0.717, 1.165) is 51.9 Å². The first-order valence-electron chi connectivity index (χ1n) is 7.88. The van der Waals surface area contributed by atoms with Gasteiger partial charge < -0.3 is 9.84 Å². The molecule has 5 nitrogen and oxygen atoms in total. The molecule has 2 rings (SSSR count). The number of ether oxygens (including phenoxy) is 1. The molecule has 0 radical (unpaired) electrons. The molecule has 0 aromatic carbocycles. The molecule has 2 fully saturated rings. The topological polar surface area (TPSA) is 61.8 Å². The zero-order valence-corrected chi connectivity index (χ0v) is 12.7. The highest BCUT2D eigenvalue weighted by Crippen LogP contribution is 2.25. The second-order valence-corrected chi connectivity index (χ2v) is 6.36. The van der Waals surface area contributed by atoms with Crippen molar-refractivity contribution < 1.29 is 14.6 Å². The van der Waals surface area contributed by atoms with Crippen LogP contribution in [0.25, 0.3) is 0 Å². The van der Waals surface area contributed by atoms with Crippen molar-refractivity contribution in [2.24, 2.45) is 0 Å². The fraction of sp³-hybridized carbons (Fsp3) is 0.933. The van der Waals surface area contributed by atoms with Crippen molar-refractivity contribution in [3.63, 3.8) is 0 Å². The molecule has 0 spiro atoms. The quantitative estimate of drug-likeness (QED) is 0.707. The fourth-order valence-corrected chi connectivity index (χ4v) is 2.81. The molecule has 0 bridgehead atoms. The number of hydrogen-bond donors (Lipinski definition) is 2. The van der Waals surface area contributed by atoms with Gasteiger partial charge in [0.15, 0.2) is 0 Å². The van der Waals surface area contributed by atoms with Crippen LogP contribution in [-0.2, 0) is 9.53 Å².